The summed E-state index contributed by atoms with van der Waals surface area (Å²) in [5.74, 6) is 0.341. The molecule has 1 fully saturated rings. The number of rotatable bonds is 7. The summed E-state index contributed by atoms with van der Waals surface area (Å²) in [5, 5.41) is 6.42. The van der Waals surface area contributed by atoms with Crippen molar-refractivity contribution < 1.29 is 9.59 Å². The second-order valence-corrected chi connectivity index (χ2v) is 8.78. The third kappa shape index (κ3) is 6.20. The zero-order valence-electron chi connectivity index (χ0n) is 17.9. The van der Waals surface area contributed by atoms with Crippen molar-refractivity contribution >= 4 is 34.8 Å². The fraction of sp³-hybridized carbons (Fsp3) is 0.320. The van der Waals surface area contributed by atoms with Gasteiger partial charge in [-0.1, -0.05) is 43.0 Å². The van der Waals surface area contributed by atoms with Crippen LogP contribution in [0.4, 0.5) is 11.4 Å². The van der Waals surface area contributed by atoms with Crippen LogP contribution in [0.25, 0.3) is 0 Å². The summed E-state index contributed by atoms with van der Waals surface area (Å²) in [6, 6.07) is 14.7. The molecular formula is C25H27ClN4O2. The Morgan fingerprint density at radius 1 is 0.938 bits per heavy atom. The first kappa shape index (κ1) is 22.1. The highest BCUT2D eigenvalue weighted by molar-refractivity contribution is 6.30. The van der Waals surface area contributed by atoms with Gasteiger partial charge in [-0.15, -0.1) is 0 Å². The van der Waals surface area contributed by atoms with E-state index in [4.69, 9.17) is 11.6 Å². The molecule has 0 spiro atoms. The van der Waals surface area contributed by atoms with Gasteiger partial charge in [0, 0.05) is 35.6 Å². The molecule has 0 bridgehead atoms. The maximum absolute atomic E-state index is 12.4. The molecule has 2 N–H and O–H groups in total. The van der Waals surface area contributed by atoms with E-state index in [-0.39, 0.29) is 11.8 Å². The number of carbonyl (C=O) groups excluding carboxylic acids is 2. The topological polar surface area (TPSA) is 76.0 Å². The number of nitrogens with one attached hydrogen (secondary N) is 2. The van der Waals surface area contributed by atoms with Crippen LogP contribution in [0.15, 0.2) is 61.1 Å². The highest BCUT2D eigenvalue weighted by Gasteiger charge is 2.17. The number of nitrogens with zero attached hydrogens (tertiary/aromatic N) is 2. The monoisotopic (exact) mass is 450 g/mol. The van der Waals surface area contributed by atoms with Gasteiger partial charge in [0.25, 0.3) is 5.91 Å². The van der Waals surface area contributed by atoms with Crippen LogP contribution in [0.1, 0.15) is 54.6 Å². The third-order valence-corrected chi connectivity index (χ3v) is 6.02. The van der Waals surface area contributed by atoms with E-state index in [9.17, 15) is 9.59 Å². The summed E-state index contributed by atoms with van der Waals surface area (Å²) in [5.41, 5.74) is 2.86. The average Bonchev–Trinajstić information content (AvgIpc) is 3.26. The zero-order valence-corrected chi connectivity index (χ0v) is 18.6. The normalized spacial score (nSPS) is 14.2. The summed E-state index contributed by atoms with van der Waals surface area (Å²) in [6.45, 7) is 0.581. The molecule has 3 aromatic rings. The second-order valence-electron chi connectivity index (χ2n) is 8.35. The largest absolute Gasteiger partial charge is 0.332 e. The first-order valence-corrected chi connectivity index (χ1v) is 11.4. The lowest BCUT2D eigenvalue weighted by Gasteiger charge is -2.20. The SMILES string of the molecule is O=C(CC1CCCCC1)Nc1ccc(Cn2cnc(C(=O)Nc3ccc(Cl)cc3)c2)cc1. The summed E-state index contributed by atoms with van der Waals surface area (Å²) >= 11 is 5.87. The van der Waals surface area contributed by atoms with Gasteiger partial charge >= 0.3 is 0 Å². The van der Waals surface area contributed by atoms with Crippen molar-refractivity contribution in [3.8, 4) is 0 Å². The van der Waals surface area contributed by atoms with E-state index < -0.39 is 0 Å². The van der Waals surface area contributed by atoms with Crippen molar-refractivity contribution in [2.75, 3.05) is 10.6 Å². The van der Waals surface area contributed by atoms with E-state index in [0.29, 0.717) is 35.3 Å². The zero-order chi connectivity index (χ0) is 22.3. The molecule has 0 saturated heterocycles. The molecule has 2 aromatic carbocycles. The summed E-state index contributed by atoms with van der Waals surface area (Å²) in [4.78, 5) is 28.9. The molecule has 0 aliphatic heterocycles. The van der Waals surface area contributed by atoms with Crippen molar-refractivity contribution in [2.45, 2.75) is 45.1 Å². The molecule has 7 heteroatoms. The number of imidazole rings is 1. The Balaban J connectivity index is 1.29. The third-order valence-electron chi connectivity index (χ3n) is 5.77. The molecular weight excluding hydrogens is 424 g/mol. The smallest absolute Gasteiger partial charge is 0.275 e. The van der Waals surface area contributed by atoms with Gasteiger partial charge in [-0.2, -0.15) is 0 Å². The molecule has 1 aliphatic carbocycles. The number of aromatic nitrogens is 2. The number of amides is 2. The molecule has 4 rings (SSSR count). The Kier molecular flexibility index (Phi) is 7.22. The van der Waals surface area contributed by atoms with Crippen LogP contribution in [-0.4, -0.2) is 21.4 Å². The predicted molar refractivity (Wildman–Crippen MR) is 127 cm³/mol. The van der Waals surface area contributed by atoms with Crippen LogP contribution in [0, 0.1) is 5.92 Å². The number of carbonyl (C=O) groups is 2. The minimum atomic E-state index is -0.276. The van der Waals surface area contributed by atoms with Gasteiger partial charge in [0.2, 0.25) is 5.91 Å². The summed E-state index contributed by atoms with van der Waals surface area (Å²) in [7, 11) is 0. The van der Waals surface area contributed by atoms with Crippen LogP contribution in [0.3, 0.4) is 0 Å². The van der Waals surface area contributed by atoms with Crippen molar-refractivity contribution in [1.29, 1.82) is 0 Å². The molecule has 1 aliphatic rings. The van der Waals surface area contributed by atoms with E-state index in [1.165, 1.54) is 19.3 Å². The van der Waals surface area contributed by atoms with E-state index >= 15 is 0 Å². The first-order chi connectivity index (χ1) is 15.5. The quantitative estimate of drug-likeness (QED) is 0.481. The van der Waals surface area contributed by atoms with Crippen molar-refractivity contribution in [3.05, 3.63) is 77.3 Å². The van der Waals surface area contributed by atoms with E-state index in [2.05, 4.69) is 15.6 Å². The minimum absolute atomic E-state index is 0.0931. The Morgan fingerprint density at radius 2 is 1.59 bits per heavy atom. The fourth-order valence-corrected chi connectivity index (χ4v) is 4.19. The number of benzene rings is 2. The lowest BCUT2D eigenvalue weighted by atomic mass is 9.87. The molecule has 32 heavy (non-hydrogen) atoms. The van der Waals surface area contributed by atoms with Gasteiger partial charge in [0.05, 0.1) is 6.33 Å². The average molecular weight is 451 g/mol. The van der Waals surface area contributed by atoms with Crippen LogP contribution in [0.2, 0.25) is 5.02 Å². The predicted octanol–water partition coefficient (Wildman–Crippen LogP) is 5.75. The second kappa shape index (κ2) is 10.5. The lowest BCUT2D eigenvalue weighted by Crippen LogP contribution is -2.18. The lowest BCUT2D eigenvalue weighted by molar-refractivity contribution is -0.117. The van der Waals surface area contributed by atoms with Crippen molar-refractivity contribution in [2.24, 2.45) is 5.92 Å². The molecule has 0 unspecified atom stereocenters. The van der Waals surface area contributed by atoms with Gasteiger partial charge in [0.1, 0.15) is 5.69 Å². The van der Waals surface area contributed by atoms with Crippen LogP contribution in [-0.2, 0) is 11.3 Å². The Hall–Kier alpha value is -3.12. The molecule has 0 atom stereocenters. The van der Waals surface area contributed by atoms with Crippen LogP contribution in [0.5, 0.6) is 0 Å². The van der Waals surface area contributed by atoms with Crippen molar-refractivity contribution in [1.82, 2.24) is 9.55 Å². The van der Waals surface area contributed by atoms with Gasteiger partial charge in [-0.05, 0) is 60.7 Å². The summed E-state index contributed by atoms with van der Waals surface area (Å²) < 4.78 is 1.85. The number of halogens is 1. The van der Waals surface area contributed by atoms with Gasteiger partial charge in [-0.25, -0.2) is 4.98 Å². The molecule has 1 heterocycles. The fourth-order valence-electron chi connectivity index (χ4n) is 4.06. The Labute approximate surface area is 193 Å². The van der Waals surface area contributed by atoms with Crippen molar-refractivity contribution in [3.63, 3.8) is 0 Å². The van der Waals surface area contributed by atoms with Crippen LogP contribution < -0.4 is 10.6 Å². The minimum Gasteiger partial charge on any atom is -0.332 e. The molecule has 0 radical (unpaired) electrons. The number of hydrogen-bond donors (Lipinski definition) is 2. The van der Waals surface area contributed by atoms with Gasteiger partial charge in [0.15, 0.2) is 0 Å². The van der Waals surface area contributed by atoms with E-state index in [1.54, 1.807) is 36.8 Å². The number of hydrogen-bond acceptors (Lipinski definition) is 3. The summed E-state index contributed by atoms with van der Waals surface area (Å²) in [6.07, 6.45) is 10.1. The highest BCUT2D eigenvalue weighted by atomic mass is 35.5. The van der Waals surface area contributed by atoms with Gasteiger partial charge < -0.3 is 15.2 Å². The standard InChI is InChI=1S/C25H27ClN4O2/c26-20-8-12-22(13-9-20)29-25(32)23-16-30(17-27-23)15-19-6-10-21(11-7-19)28-24(31)14-18-4-2-1-3-5-18/h6-13,16-18H,1-5,14-15H2,(H,28,31)(H,29,32). The first-order valence-electron chi connectivity index (χ1n) is 11.0. The highest BCUT2D eigenvalue weighted by Crippen LogP contribution is 2.26. The Morgan fingerprint density at radius 3 is 2.31 bits per heavy atom. The maximum atomic E-state index is 12.4. The Bertz CT molecular complexity index is 1050. The van der Waals surface area contributed by atoms with E-state index in [1.807, 2.05) is 28.8 Å². The maximum Gasteiger partial charge on any atom is 0.275 e. The molecule has 1 saturated carbocycles. The van der Waals surface area contributed by atoms with Crippen LogP contribution >= 0.6 is 11.6 Å². The number of anilines is 2. The molecule has 166 valence electrons. The van der Waals surface area contributed by atoms with E-state index in [0.717, 1.165) is 24.1 Å². The molecule has 6 nitrogen and oxygen atoms in total. The molecule has 1 aromatic heterocycles. The molecule has 2 amide bonds. The van der Waals surface area contributed by atoms with Gasteiger partial charge in [-0.3, -0.25) is 9.59 Å².